The van der Waals surface area contributed by atoms with E-state index in [-0.39, 0.29) is 24.2 Å². The molecular formula is C11H13N3O5. The van der Waals surface area contributed by atoms with Gasteiger partial charge in [0.1, 0.15) is 0 Å². The van der Waals surface area contributed by atoms with Gasteiger partial charge in [0.15, 0.2) is 0 Å². The van der Waals surface area contributed by atoms with Gasteiger partial charge in [-0.25, -0.2) is 0 Å². The number of amides is 1. The van der Waals surface area contributed by atoms with E-state index >= 15 is 0 Å². The Morgan fingerprint density at radius 1 is 1.47 bits per heavy atom. The SMILES string of the molecule is NC(CCC(=O)O)C(=O)Nc1cccc([N+](=O)[O-])c1. The number of nitro benzene ring substituents is 1. The van der Waals surface area contributed by atoms with Crippen LogP contribution in [0.1, 0.15) is 12.8 Å². The lowest BCUT2D eigenvalue weighted by Gasteiger charge is -2.10. The summed E-state index contributed by atoms with van der Waals surface area (Å²) >= 11 is 0. The van der Waals surface area contributed by atoms with Gasteiger partial charge in [0.25, 0.3) is 5.69 Å². The van der Waals surface area contributed by atoms with Gasteiger partial charge < -0.3 is 16.2 Å². The number of hydrogen-bond acceptors (Lipinski definition) is 5. The Bertz CT molecular complexity index is 503. The van der Waals surface area contributed by atoms with Crippen LogP contribution in [-0.4, -0.2) is 27.9 Å². The molecule has 0 aliphatic rings. The van der Waals surface area contributed by atoms with E-state index in [1.54, 1.807) is 0 Å². The van der Waals surface area contributed by atoms with E-state index in [2.05, 4.69) is 5.32 Å². The molecule has 4 N–H and O–H groups in total. The number of nitrogens with zero attached hydrogens (tertiary/aromatic N) is 1. The third-order valence-corrected chi connectivity index (χ3v) is 2.33. The lowest BCUT2D eigenvalue weighted by atomic mass is 10.1. The van der Waals surface area contributed by atoms with Crippen LogP contribution in [-0.2, 0) is 9.59 Å². The van der Waals surface area contributed by atoms with Crippen LogP contribution in [0, 0.1) is 10.1 Å². The summed E-state index contributed by atoms with van der Waals surface area (Å²) in [6, 6.07) is 4.42. The molecule has 1 aromatic carbocycles. The molecule has 0 radical (unpaired) electrons. The highest BCUT2D eigenvalue weighted by Crippen LogP contribution is 2.17. The van der Waals surface area contributed by atoms with Crippen molar-refractivity contribution in [1.29, 1.82) is 0 Å². The summed E-state index contributed by atoms with van der Waals surface area (Å²) in [5, 5.41) is 21.4. The second-order valence-corrected chi connectivity index (χ2v) is 3.84. The minimum Gasteiger partial charge on any atom is -0.481 e. The number of anilines is 1. The molecule has 8 nitrogen and oxygen atoms in total. The number of carbonyl (C=O) groups is 2. The lowest BCUT2D eigenvalue weighted by Crippen LogP contribution is -2.36. The number of nitro groups is 1. The molecule has 0 aromatic heterocycles. The van der Waals surface area contributed by atoms with E-state index < -0.39 is 22.8 Å². The Kier molecular flexibility index (Phi) is 4.95. The Balaban J connectivity index is 2.63. The molecule has 1 amide bonds. The van der Waals surface area contributed by atoms with Crippen LogP contribution in [0.25, 0.3) is 0 Å². The van der Waals surface area contributed by atoms with Gasteiger partial charge in [-0.1, -0.05) is 6.07 Å². The molecule has 0 heterocycles. The third kappa shape index (κ3) is 4.72. The topological polar surface area (TPSA) is 136 Å². The molecule has 1 rings (SSSR count). The number of non-ortho nitro benzene ring substituents is 1. The first-order valence-electron chi connectivity index (χ1n) is 5.43. The van der Waals surface area contributed by atoms with Gasteiger partial charge in [0.05, 0.1) is 11.0 Å². The molecule has 1 atom stereocenters. The highest BCUT2D eigenvalue weighted by molar-refractivity contribution is 5.95. The second-order valence-electron chi connectivity index (χ2n) is 3.84. The smallest absolute Gasteiger partial charge is 0.303 e. The summed E-state index contributed by atoms with van der Waals surface area (Å²) in [5.41, 5.74) is 5.59. The van der Waals surface area contributed by atoms with Gasteiger partial charge in [0.2, 0.25) is 5.91 Å². The molecular weight excluding hydrogens is 254 g/mol. The Morgan fingerprint density at radius 2 is 2.16 bits per heavy atom. The Hall–Kier alpha value is -2.48. The van der Waals surface area contributed by atoms with Crippen molar-refractivity contribution in [1.82, 2.24) is 0 Å². The number of benzene rings is 1. The zero-order valence-corrected chi connectivity index (χ0v) is 9.91. The highest BCUT2D eigenvalue weighted by Gasteiger charge is 2.16. The van der Waals surface area contributed by atoms with Crippen LogP contribution in [0.5, 0.6) is 0 Å². The highest BCUT2D eigenvalue weighted by atomic mass is 16.6. The van der Waals surface area contributed by atoms with Crippen molar-refractivity contribution in [3.05, 3.63) is 34.4 Å². The van der Waals surface area contributed by atoms with Crippen molar-refractivity contribution in [2.45, 2.75) is 18.9 Å². The van der Waals surface area contributed by atoms with E-state index in [0.29, 0.717) is 0 Å². The first-order chi connectivity index (χ1) is 8.90. The Morgan fingerprint density at radius 3 is 2.74 bits per heavy atom. The van der Waals surface area contributed by atoms with Gasteiger partial charge >= 0.3 is 5.97 Å². The average molecular weight is 267 g/mol. The fraction of sp³-hybridized carbons (Fsp3) is 0.273. The van der Waals surface area contributed by atoms with Crippen molar-refractivity contribution >= 4 is 23.3 Å². The second kappa shape index (κ2) is 6.45. The first-order valence-corrected chi connectivity index (χ1v) is 5.43. The van der Waals surface area contributed by atoms with Crippen LogP contribution in [0.2, 0.25) is 0 Å². The molecule has 19 heavy (non-hydrogen) atoms. The van der Waals surface area contributed by atoms with Crippen molar-refractivity contribution in [3.63, 3.8) is 0 Å². The largest absolute Gasteiger partial charge is 0.481 e. The maximum atomic E-state index is 11.6. The number of carbonyl (C=O) groups excluding carboxylic acids is 1. The quantitative estimate of drug-likeness (QED) is 0.513. The van der Waals surface area contributed by atoms with Crippen LogP contribution in [0.4, 0.5) is 11.4 Å². The molecule has 1 unspecified atom stereocenters. The zero-order chi connectivity index (χ0) is 14.4. The maximum Gasteiger partial charge on any atom is 0.303 e. The van der Waals surface area contributed by atoms with Gasteiger partial charge in [-0.05, 0) is 12.5 Å². The summed E-state index contributed by atoms with van der Waals surface area (Å²) < 4.78 is 0. The van der Waals surface area contributed by atoms with Gasteiger partial charge in [-0.3, -0.25) is 19.7 Å². The number of carboxylic acids is 1. The molecule has 0 spiro atoms. The summed E-state index contributed by atoms with van der Waals surface area (Å²) in [6.07, 6.45) is -0.223. The fourth-order valence-electron chi connectivity index (χ4n) is 1.34. The van der Waals surface area contributed by atoms with Crippen molar-refractivity contribution in [2.75, 3.05) is 5.32 Å². The van der Waals surface area contributed by atoms with E-state index in [4.69, 9.17) is 10.8 Å². The standard InChI is InChI=1S/C11H13N3O5/c12-9(4-5-10(15)16)11(17)13-7-2-1-3-8(6-7)14(18)19/h1-3,6,9H,4-5,12H2,(H,13,17)(H,15,16). The molecule has 0 aliphatic heterocycles. The minimum absolute atomic E-state index is 0.00388. The Labute approximate surface area is 108 Å². The first kappa shape index (κ1) is 14.6. The average Bonchev–Trinajstić information content (AvgIpc) is 2.36. The van der Waals surface area contributed by atoms with Crippen molar-refractivity contribution < 1.29 is 19.6 Å². The monoisotopic (exact) mass is 267 g/mol. The molecule has 0 aliphatic carbocycles. The molecule has 1 aromatic rings. The van der Waals surface area contributed by atoms with Gasteiger partial charge in [0, 0.05) is 24.2 Å². The molecule has 102 valence electrons. The predicted molar refractivity (Wildman–Crippen MR) is 66.6 cm³/mol. The number of nitrogens with two attached hydrogens (primary N) is 1. The third-order valence-electron chi connectivity index (χ3n) is 2.33. The number of carboxylic acid groups (broad SMARTS) is 1. The number of nitrogens with one attached hydrogen (secondary N) is 1. The summed E-state index contributed by atoms with van der Waals surface area (Å²) in [4.78, 5) is 31.9. The fourth-order valence-corrected chi connectivity index (χ4v) is 1.34. The predicted octanol–water partition coefficient (Wildman–Crippen LogP) is 0.725. The van der Waals surface area contributed by atoms with E-state index in [0.717, 1.165) is 0 Å². The van der Waals surface area contributed by atoms with Crippen LogP contribution in [0.3, 0.4) is 0 Å². The minimum atomic E-state index is -1.04. The number of hydrogen-bond donors (Lipinski definition) is 3. The normalized spacial score (nSPS) is 11.6. The number of aliphatic carboxylic acids is 1. The van der Waals surface area contributed by atoms with Gasteiger partial charge in [-0.15, -0.1) is 0 Å². The van der Waals surface area contributed by atoms with Crippen LogP contribution >= 0.6 is 0 Å². The van der Waals surface area contributed by atoms with Crippen molar-refractivity contribution in [3.8, 4) is 0 Å². The van der Waals surface area contributed by atoms with E-state index in [1.807, 2.05) is 0 Å². The van der Waals surface area contributed by atoms with Crippen LogP contribution in [0.15, 0.2) is 24.3 Å². The zero-order valence-electron chi connectivity index (χ0n) is 9.91. The molecule has 0 fully saturated rings. The maximum absolute atomic E-state index is 11.6. The lowest BCUT2D eigenvalue weighted by molar-refractivity contribution is -0.384. The number of rotatable bonds is 6. The summed E-state index contributed by atoms with van der Waals surface area (Å²) in [7, 11) is 0. The molecule has 0 bridgehead atoms. The molecule has 0 saturated carbocycles. The van der Waals surface area contributed by atoms with Crippen LogP contribution < -0.4 is 11.1 Å². The van der Waals surface area contributed by atoms with Gasteiger partial charge in [-0.2, -0.15) is 0 Å². The van der Waals surface area contributed by atoms with Crippen molar-refractivity contribution in [2.24, 2.45) is 5.73 Å². The summed E-state index contributed by atoms with van der Waals surface area (Å²) in [5.74, 6) is -1.62. The van der Waals surface area contributed by atoms with E-state index in [9.17, 15) is 19.7 Å². The summed E-state index contributed by atoms with van der Waals surface area (Å²) in [6.45, 7) is 0. The molecule has 0 saturated heterocycles. The molecule has 8 heteroatoms. The van der Waals surface area contributed by atoms with E-state index in [1.165, 1.54) is 24.3 Å².